The number of aliphatic hydroxyl groups is 1. The van der Waals surface area contributed by atoms with Crippen molar-refractivity contribution in [2.45, 2.75) is 13.0 Å². The van der Waals surface area contributed by atoms with E-state index in [9.17, 15) is 9.90 Å². The van der Waals surface area contributed by atoms with Crippen LogP contribution in [0.2, 0.25) is 0 Å². The molecule has 36 heavy (non-hydrogen) atoms. The minimum Gasteiger partial charge on any atom is -0.389 e. The summed E-state index contributed by atoms with van der Waals surface area (Å²) >= 11 is 0. The zero-order valence-corrected chi connectivity index (χ0v) is 20.1. The molecular weight excluding hydrogens is 452 g/mol. The van der Waals surface area contributed by atoms with Gasteiger partial charge in [0.05, 0.1) is 46.4 Å². The van der Waals surface area contributed by atoms with E-state index in [4.69, 9.17) is 0 Å². The second-order valence-corrected chi connectivity index (χ2v) is 9.00. The van der Waals surface area contributed by atoms with Gasteiger partial charge in [0.2, 0.25) is 0 Å². The highest BCUT2D eigenvalue weighted by molar-refractivity contribution is 6.04. The molecule has 0 aliphatic heterocycles. The topological polar surface area (TPSA) is 90.8 Å². The molecule has 4 heterocycles. The second-order valence-electron chi connectivity index (χ2n) is 9.00. The van der Waals surface area contributed by atoms with Crippen LogP contribution in [0.3, 0.4) is 0 Å². The highest BCUT2D eigenvalue weighted by Crippen LogP contribution is 2.30. The molecule has 1 unspecified atom stereocenters. The van der Waals surface area contributed by atoms with E-state index in [1.165, 1.54) is 0 Å². The number of benzene rings is 2. The van der Waals surface area contributed by atoms with Gasteiger partial charge in [0, 0.05) is 43.0 Å². The van der Waals surface area contributed by atoms with Crippen LogP contribution in [0.5, 0.6) is 0 Å². The van der Waals surface area contributed by atoms with Gasteiger partial charge in [-0.2, -0.15) is 5.10 Å². The van der Waals surface area contributed by atoms with Crippen molar-refractivity contribution in [1.82, 2.24) is 28.9 Å². The highest BCUT2D eigenvalue weighted by Gasteiger charge is 2.17. The molecule has 8 heteroatoms. The molecular formula is C28H24N6O2. The molecule has 0 saturated carbocycles. The van der Waals surface area contributed by atoms with Crippen LogP contribution in [0.1, 0.15) is 18.6 Å². The highest BCUT2D eigenvalue weighted by atomic mass is 16.3. The van der Waals surface area contributed by atoms with Gasteiger partial charge in [-0.1, -0.05) is 24.3 Å². The Bertz CT molecular complexity index is 1790. The summed E-state index contributed by atoms with van der Waals surface area (Å²) in [5, 5.41) is 15.0. The number of hydrogen-bond donors (Lipinski definition) is 1. The lowest BCUT2D eigenvalue weighted by atomic mass is 10.0. The first-order chi connectivity index (χ1) is 17.4. The van der Waals surface area contributed by atoms with E-state index in [-0.39, 0.29) is 5.69 Å². The first-order valence-corrected chi connectivity index (χ1v) is 11.6. The van der Waals surface area contributed by atoms with Crippen LogP contribution in [0.25, 0.3) is 50.0 Å². The third kappa shape index (κ3) is 3.50. The van der Waals surface area contributed by atoms with E-state index < -0.39 is 6.10 Å². The Morgan fingerprint density at radius 2 is 1.64 bits per heavy atom. The normalized spacial score (nSPS) is 12.4. The molecule has 2 aromatic carbocycles. The number of aryl methyl sites for hydroxylation is 2. The Kier molecular flexibility index (Phi) is 5.05. The fourth-order valence-electron chi connectivity index (χ4n) is 4.61. The molecule has 0 amide bonds. The van der Waals surface area contributed by atoms with Gasteiger partial charge in [-0.05, 0) is 48.4 Å². The predicted molar refractivity (Wildman–Crippen MR) is 140 cm³/mol. The Labute approximate surface area is 206 Å². The summed E-state index contributed by atoms with van der Waals surface area (Å²) in [6, 6.07) is 17.5. The molecule has 0 bridgehead atoms. The standard InChI is InChI=1S/C28H24N6O2/c1-17(35)18-4-8-22(9-5-18)34-27-23-12-19(6-11-25(23)30-15-26(27)33(3)28(34)36)20-7-10-24(29-13-20)21-14-31-32(2)16-21/h4-17,35H,1-3H3. The van der Waals surface area contributed by atoms with Crippen LogP contribution < -0.4 is 5.69 Å². The summed E-state index contributed by atoms with van der Waals surface area (Å²) in [5.74, 6) is 0. The van der Waals surface area contributed by atoms with Gasteiger partial charge in [-0.15, -0.1) is 0 Å². The van der Waals surface area contributed by atoms with Crippen molar-refractivity contribution in [3.05, 3.63) is 95.4 Å². The monoisotopic (exact) mass is 476 g/mol. The minimum atomic E-state index is -0.575. The zero-order valence-electron chi connectivity index (χ0n) is 20.1. The van der Waals surface area contributed by atoms with Gasteiger partial charge in [0.15, 0.2) is 0 Å². The smallest absolute Gasteiger partial charge is 0.333 e. The van der Waals surface area contributed by atoms with E-state index in [0.29, 0.717) is 0 Å². The molecule has 6 rings (SSSR count). The van der Waals surface area contributed by atoms with Crippen LogP contribution >= 0.6 is 0 Å². The molecule has 4 aromatic heterocycles. The first kappa shape index (κ1) is 21.9. The number of aromatic nitrogens is 6. The number of nitrogens with zero attached hydrogens (tertiary/aromatic N) is 6. The number of fused-ring (bicyclic) bond motifs is 3. The third-order valence-electron chi connectivity index (χ3n) is 6.61. The Hall–Kier alpha value is -4.56. The van der Waals surface area contributed by atoms with Crippen molar-refractivity contribution in [3.63, 3.8) is 0 Å². The Morgan fingerprint density at radius 1 is 0.861 bits per heavy atom. The molecule has 1 N–H and O–H groups in total. The van der Waals surface area contributed by atoms with E-state index in [0.717, 1.165) is 55.6 Å². The van der Waals surface area contributed by atoms with Crippen molar-refractivity contribution >= 4 is 21.9 Å². The van der Waals surface area contributed by atoms with Gasteiger partial charge >= 0.3 is 5.69 Å². The van der Waals surface area contributed by atoms with Crippen LogP contribution in [-0.4, -0.2) is 34.0 Å². The van der Waals surface area contributed by atoms with Crippen molar-refractivity contribution in [3.8, 4) is 28.1 Å². The molecule has 0 aliphatic rings. The number of imidazole rings is 1. The van der Waals surface area contributed by atoms with Gasteiger partial charge < -0.3 is 5.11 Å². The van der Waals surface area contributed by atoms with Gasteiger partial charge in [-0.3, -0.25) is 23.8 Å². The van der Waals surface area contributed by atoms with Gasteiger partial charge in [0.25, 0.3) is 0 Å². The van der Waals surface area contributed by atoms with Crippen LogP contribution in [0.15, 0.2) is 84.2 Å². The quantitative estimate of drug-likeness (QED) is 0.407. The van der Waals surface area contributed by atoms with Crippen molar-refractivity contribution in [2.24, 2.45) is 14.1 Å². The maximum Gasteiger partial charge on any atom is 0.333 e. The van der Waals surface area contributed by atoms with E-state index >= 15 is 0 Å². The summed E-state index contributed by atoms with van der Waals surface area (Å²) in [6.07, 6.45) is 6.74. The Morgan fingerprint density at radius 3 is 2.31 bits per heavy atom. The first-order valence-electron chi connectivity index (χ1n) is 11.6. The lowest BCUT2D eigenvalue weighted by Gasteiger charge is -2.10. The van der Waals surface area contributed by atoms with E-state index in [1.54, 1.807) is 40.2 Å². The number of pyridine rings is 2. The molecule has 178 valence electrons. The summed E-state index contributed by atoms with van der Waals surface area (Å²) in [5.41, 5.74) is 7.47. The summed E-state index contributed by atoms with van der Waals surface area (Å²) in [7, 11) is 3.64. The van der Waals surface area contributed by atoms with E-state index in [2.05, 4.69) is 21.1 Å². The van der Waals surface area contributed by atoms with Crippen molar-refractivity contribution in [1.29, 1.82) is 0 Å². The summed E-state index contributed by atoms with van der Waals surface area (Å²) < 4.78 is 5.07. The van der Waals surface area contributed by atoms with Crippen molar-refractivity contribution in [2.75, 3.05) is 0 Å². The third-order valence-corrected chi connectivity index (χ3v) is 6.61. The fourth-order valence-corrected chi connectivity index (χ4v) is 4.61. The summed E-state index contributed by atoms with van der Waals surface area (Å²) in [6.45, 7) is 1.72. The average Bonchev–Trinajstić information content (AvgIpc) is 3.45. The second kappa shape index (κ2) is 8.28. The SMILES string of the molecule is CC(O)c1ccc(-n2c(=O)n(C)c3cnc4ccc(-c5ccc(-c6cnn(C)c6)nc5)cc4c32)cc1. The minimum absolute atomic E-state index is 0.156. The van der Waals surface area contributed by atoms with Gasteiger partial charge in [-0.25, -0.2) is 4.79 Å². The van der Waals surface area contributed by atoms with E-state index in [1.807, 2.05) is 68.0 Å². The van der Waals surface area contributed by atoms with Crippen LogP contribution in [0, 0.1) is 0 Å². The maximum absolute atomic E-state index is 13.3. The molecule has 1 atom stereocenters. The maximum atomic E-state index is 13.3. The molecule has 0 spiro atoms. The zero-order chi connectivity index (χ0) is 25.0. The van der Waals surface area contributed by atoms with Crippen LogP contribution in [0.4, 0.5) is 0 Å². The van der Waals surface area contributed by atoms with Crippen LogP contribution in [-0.2, 0) is 14.1 Å². The lowest BCUT2D eigenvalue weighted by Crippen LogP contribution is -2.20. The number of hydrogen-bond acceptors (Lipinski definition) is 5. The molecule has 6 aromatic rings. The molecule has 0 fully saturated rings. The fraction of sp³-hybridized carbons (Fsp3) is 0.143. The number of aliphatic hydroxyl groups excluding tert-OH is 1. The number of rotatable bonds is 4. The average molecular weight is 477 g/mol. The molecule has 8 nitrogen and oxygen atoms in total. The lowest BCUT2D eigenvalue weighted by molar-refractivity contribution is 0.199. The summed E-state index contributed by atoms with van der Waals surface area (Å²) in [4.78, 5) is 22.6. The molecule has 0 saturated heterocycles. The predicted octanol–water partition coefficient (Wildman–Crippen LogP) is 4.39. The Balaban J connectivity index is 1.52. The molecule has 0 aliphatic carbocycles. The van der Waals surface area contributed by atoms with Gasteiger partial charge in [0.1, 0.15) is 0 Å². The largest absolute Gasteiger partial charge is 0.389 e. The van der Waals surface area contributed by atoms with Crippen molar-refractivity contribution < 1.29 is 5.11 Å². The molecule has 0 radical (unpaired) electrons.